The Labute approximate surface area is 126 Å². The Morgan fingerprint density at radius 1 is 1.32 bits per heavy atom. The van der Waals surface area contributed by atoms with Gasteiger partial charge in [0.15, 0.2) is 0 Å². The summed E-state index contributed by atoms with van der Waals surface area (Å²) in [5.74, 6) is 0.263. The van der Waals surface area contributed by atoms with E-state index < -0.39 is 0 Å². The van der Waals surface area contributed by atoms with Gasteiger partial charge in [-0.05, 0) is 53.5 Å². The summed E-state index contributed by atoms with van der Waals surface area (Å²) < 4.78 is 0. The van der Waals surface area contributed by atoms with Crippen LogP contribution in [0.1, 0.15) is 26.2 Å². The van der Waals surface area contributed by atoms with E-state index in [1.54, 1.807) is 0 Å². The molecule has 0 aromatic rings. The van der Waals surface area contributed by atoms with E-state index in [1.807, 2.05) is 0 Å². The molecule has 1 rings (SSSR count). The number of nitrogens with zero attached hydrogens (tertiary/aromatic N) is 3. The van der Waals surface area contributed by atoms with Crippen LogP contribution in [0.25, 0.3) is 0 Å². The molecule has 0 N–H and O–H groups in total. The Kier molecular flexibility index (Phi) is 7.32. The van der Waals surface area contributed by atoms with Crippen molar-refractivity contribution < 1.29 is 4.79 Å². The fourth-order valence-corrected chi connectivity index (χ4v) is 2.70. The smallest absolute Gasteiger partial charge is 0.236 e. The number of hydrogen-bond donors (Lipinski definition) is 0. The summed E-state index contributed by atoms with van der Waals surface area (Å²) in [5, 5.41) is 0. The average molecular weight is 334 g/mol. The molecular formula is C14H28BrN3O. The summed E-state index contributed by atoms with van der Waals surface area (Å²) in [7, 11) is 6.27. The molecule has 1 heterocycles. The molecule has 19 heavy (non-hydrogen) atoms. The lowest BCUT2D eigenvalue weighted by Gasteiger charge is -2.38. The minimum Gasteiger partial charge on any atom is -0.337 e. The van der Waals surface area contributed by atoms with Gasteiger partial charge in [-0.3, -0.25) is 4.79 Å². The number of halogens is 1. The Bertz CT molecular complexity index is 278. The van der Waals surface area contributed by atoms with E-state index in [0.29, 0.717) is 6.04 Å². The minimum absolute atomic E-state index is 0.0330. The van der Waals surface area contributed by atoms with Crippen LogP contribution in [0.4, 0.5) is 0 Å². The van der Waals surface area contributed by atoms with Crippen molar-refractivity contribution in [1.82, 2.24) is 14.7 Å². The van der Waals surface area contributed by atoms with E-state index >= 15 is 0 Å². The Hall–Kier alpha value is -0.130. The van der Waals surface area contributed by atoms with Crippen LogP contribution in [0, 0.1) is 0 Å². The lowest BCUT2D eigenvalue weighted by atomic mass is 10.0. The van der Waals surface area contributed by atoms with Gasteiger partial charge in [0.2, 0.25) is 5.91 Å². The molecule has 5 heteroatoms. The molecule has 0 spiro atoms. The first kappa shape index (κ1) is 16.9. The fourth-order valence-electron chi connectivity index (χ4n) is 2.44. The van der Waals surface area contributed by atoms with Gasteiger partial charge in [-0.2, -0.15) is 0 Å². The van der Waals surface area contributed by atoms with Crippen molar-refractivity contribution >= 4 is 21.8 Å². The highest BCUT2D eigenvalue weighted by atomic mass is 79.9. The number of carbonyl (C=O) groups is 1. The molecule has 0 aromatic carbocycles. The van der Waals surface area contributed by atoms with Gasteiger partial charge >= 0.3 is 0 Å². The molecule has 1 unspecified atom stereocenters. The molecular weight excluding hydrogens is 306 g/mol. The van der Waals surface area contributed by atoms with Crippen LogP contribution >= 0.6 is 15.9 Å². The number of carbonyl (C=O) groups excluding carboxylic acids is 1. The maximum absolute atomic E-state index is 12.5. The van der Waals surface area contributed by atoms with E-state index in [9.17, 15) is 4.79 Å². The predicted molar refractivity (Wildman–Crippen MR) is 83.8 cm³/mol. The van der Waals surface area contributed by atoms with Gasteiger partial charge < -0.3 is 14.7 Å². The molecule has 1 atom stereocenters. The first-order valence-corrected chi connectivity index (χ1v) is 8.15. The summed E-state index contributed by atoms with van der Waals surface area (Å²) in [6.45, 7) is 6.00. The second kappa shape index (κ2) is 8.22. The second-order valence-electron chi connectivity index (χ2n) is 5.75. The van der Waals surface area contributed by atoms with Gasteiger partial charge in [-0.25, -0.2) is 0 Å². The largest absolute Gasteiger partial charge is 0.337 e. The Balaban J connectivity index is 2.65. The average Bonchev–Trinajstić information content (AvgIpc) is 2.39. The topological polar surface area (TPSA) is 26.8 Å². The highest BCUT2D eigenvalue weighted by molar-refractivity contribution is 9.10. The maximum atomic E-state index is 12.5. The number of likely N-dealkylation sites (N-methyl/N-ethyl adjacent to an activating group) is 1. The van der Waals surface area contributed by atoms with Crippen molar-refractivity contribution in [3.05, 3.63) is 0 Å². The molecule has 1 saturated heterocycles. The zero-order valence-electron chi connectivity index (χ0n) is 12.7. The number of alkyl halides is 1. The van der Waals surface area contributed by atoms with Gasteiger partial charge in [-0.15, -0.1) is 0 Å². The van der Waals surface area contributed by atoms with Crippen LogP contribution in [-0.4, -0.2) is 78.8 Å². The standard InChI is InChI=1S/C14H28BrN3O/c1-5-13(15)14(19)18(11-10-16(2)3)12-6-8-17(4)9-7-12/h12-13H,5-11H2,1-4H3. The summed E-state index contributed by atoms with van der Waals surface area (Å²) in [6, 6.07) is 0.412. The fraction of sp³-hybridized carbons (Fsp3) is 0.929. The molecule has 0 saturated carbocycles. The third-order valence-corrected chi connectivity index (χ3v) is 4.87. The number of piperidine rings is 1. The Morgan fingerprint density at radius 2 is 1.89 bits per heavy atom. The molecule has 4 nitrogen and oxygen atoms in total. The predicted octanol–water partition coefficient (Wildman–Crippen LogP) is 1.64. The first-order chi connectivity index (χ1) is 8.95. The lowest BCUT2D eigenvalue weighted by molar-refractivity contribution is -0.134. The number of amides is 1. The number of rotatable bonds is 6. The molecule has 1 aliphatic heterocycles. The molecule has 0 aliphatic carbocycles. The molecule has 112 valence electrons. The number of hydrogen-bond acceptors (Lipinski definition) is 3. The van der Waals surface area contributed by atoms with Crippen molar-refractivity contribution in [2.45, 2.75) is 37.1 Å². The Morgan fingerprint density at radius 3 is 2.37 bits per heavy atom. The van der Waals surface area contributed by atoms with E-state index in [1.165, 1.54) is 0 Å². The quantitative estimate of drug-likeness (QED) is 0.691. The molecule has 0 radical (unpaired) electrons. The van der Waals surface area contributed by atoms with Crippen LogP contribution in [-0.2, 0) is 4.79 Å². The molecule has 0 bridgehead atoms. The van der Waals surface area contributed by atoms with Gasteiger partial charge in [0.25, 0.3) is 0 Å². The summed E-state index contributed by atoms with van der Waals surface area (Å²) in [5.41, 5.74) is 0. The molecule has 1 amide bonds. The van der Waals surface area contributed by atoms with Crippen LogP contribution in [0.2, 0.25) is 0 Å². The van der Waals surface area contributed by atoms with Crippen LogP contribution in [0.5, 0.6) is 0 Å². The van der Waals surface area contributed by atoms with E-state index in [-0.39, 0.29) is 10.7 Å². The highest BCUT2D eigenvalue weighted by Crippen LogP contribution is 2.19. The van der Waals surface area contributed by atoms with Crippen molar-refractivity contribution in [3.63, 3.8) is 0 Å². The second-order valence-corrected chi connectivity index (χ2v) is 6.85. The zero-order valence-corrected chi connectivity index (χ0v) is 14.3. The highest BCUT2D eigenvalue weighted by Gasteiger charge is 2.29. The number of likely N-dealkylation sites (tertiary alicyclic amines) is 1. The van der Waals surface area contributed by atoms with Crippen molar-refractivity contribution in [2.24, 2.45) is 0 Å². The summed E-state index contributed by atoms with van der Waals surface area (Å²) in [4.78, 5) is 19.1. The molecule has 0 aromatic heterocycles. The van der Waals surface area contributed by atoms with Crippen LogP contribution in [0.3, 0.4) is 0 Å². The first-order valence-electron chi connectivity index (χ1n) is 7.23. The lowest BCUT2D eigenvalue weighted by Crippen LogP contribution is -2.50. The third kappa shape index (κ3) is 5.40. The van der Waals surface area contributed by atoms with Crippen LogP contribution < -0.4 is 0 Å². The van der Waals surface area contributed by atoms with Crippen LogP contribution in [0.15, 0.2) is 0 Å². The van der Waals surface area contributed by atoms with Gasteiger partial charge in [0.1, 0.15) is 0 Å². The van der Waals surface area contributed by atoms with Gasteiger partial charge in [0, 0.05) is 19.1 Å². The van der Waals surface area contributed by atoms with E-state index in [2.05, 4.69) is 58.7 Å². The molecule has 1 fully saturated rings. The van der Waals surface area contributed by atoms with Crippen molar-refractivity contribution in [2.75, 3.05) is 47.3 Å². The normalized spacial score (nSPS) is 19.7. The summed E-state index contributed by atoms with van der Waals surface area (Å²) >= 11 is 3.51. The van der Waals surface area contributed by atoms with E-state index in [4.69, 9.17) is 0 Å². The molecule has 1 aliphatic rings. The third-order valence-electron chi connectivity index (χ3n) is 3.83. The maximum Gasteiger partial charge on any atom is 0.236 e. The monoisotopic (exact) mass is 333 g/mol. The summed E-state index contributed by atoms with van der Waals surface area (Å²) in [6.07, 6.45) is 3.04. The SMILES string of the molecule is CCC(Br)C(=O)N(CCN(C)C)C1CCN(C)CC1. The van der Waals surface area contributed by atoms with E-state index in [0.717, 1.165) is 45.4 Å². The van der Waals surface area contributed by atoms with Gasteiger partial charge in [-0.1, -0.05) is 22.9 Å². The van der Waals surface area contributed by atoms with Crippen molar-refractivity contribution in [3.8, 4) is 0 Å². The van der Waals surface area contributed by atoms with Gasteiger partial charge in [0.05, 0.1) is 4.83 Å². The zero-order chi connectivity index (χ0) is 14.4. The minimum atomic E-state index is -0.0330. The van der Waals surface area contributed by atoms with Crippen molar-refractivity contribution in [1.29, 1.82) is 0 Å².